The highest BCUT2D eigenvalue weighted by atomic mass is 16.5. The van der Waals surface area contributed by atoms with Crippen LogP contribution in [0.5, 0.6) is 5.75 Å². The summed E-state index contributed by atoms with van der Waals surface area (Å²) in [7, 11) is 1.70. The second kappa shape index (κ2) is 6.57. The van der Waals surface area contributed by atoms with Gasteiger partial charge >= 0.3 is 0 Å². The molecule has 0 fully saturated rings. The van der Waals surface area contributed by atoms with E-state index in [1.54, 1.807) is 7.11 Å². The molecule has 4 heteroatoms. The van der Waals surface area contributed by atoms with Gasteiger partial charge < -0.3 is 10.1 Å². The summed E-state index contributed by atoms with van der Waals surface area (Å²) in [5.74, 6) is 0.886. The van der Waals surface area contributed by atoms with E-state index >= 15 is 0 Å². The van der Waals surface area contributed by atoms with E-state index in [0.717, 1.165) is 24.4 Å². The lowest BCUT2D eigenvalue weighted by Gasteiger charge is -2.13. The molecule has 1 aromatic heterocycles. The molecule has 2 rings (SSSR count). The first kappa shape index (κ1) is 14.6. The Hall–Kier alpha value is -1.81. The molecule has 108 valence electrons. The molecule has 0 saturated heterocycles. The van der Waals surface area contributed by atoms with Crippen molar-refractivity contribution >= 4 is 0 Å². The van der Waals surface area contributed by atoms with E-state index in [2.05, 4.69) is 49.5 Å². The second-order valence-corrected chi connectivity index (χ2v) is 5.14. The Morgan fingerprint density at radius 3 is 2.75 bits per heavy atom. The van der Waals surface area contributed by atoms with Gasteiger partial charge in [-0.1, -0.05) is 19.9 Å². The minimum absolute atomic E-state index is 0.451. The number of aromatic nitrogens is 2. The third-order valence-corrected chi connectivity index (χ3v) is 3.28. The maximum Gasteiger partial charge on any atom is 0.119 e. The molecule has 0 spiro atoms. The van der Waals surface area contributed by atoms with Gasteiger partial charge in [-0.05, 0) is 30.2 Å². The first-order valence-corrected chi connectivity index (χ1v) is 7.07. The monoisotopic (exact) mass is 273 g/mol. The van der Waals surface area contributed by atoms with Gasteiger partial charge in [-0.15, -0.1) is 0 Å². The van der Waals surface area contributed by atoms with Gasteiger partial charge in [0, 0.05) is 30.9 Å². The van der Waals surface area contributed by atoms with Crippen LogP contribution in [0.3, 0.4) is 0 Å². The van der Waals surface area contributed by atoms with Gasteiger partial charge in [-0.3, -0.25) is 4.68 Å². The molecule has 0 saturated carbocycles. The van der Waals surface area contributed by atoms with E-state index in [1.807, 2.05) is 16.9 Å². The number of nitrogens with one attached hydrogen (secondary N) is 1. The van der Waals surface area contributed by atoms with Gasteiger partial charge in [0.15, 0.2) is 0 Å². The number of methoxy groups -OCH3 is 1. The minimum atomic E-state index is 0.451. The van der Waals surface area contributed by atoms with Crippen molar-refractivity contribution in [2.24, 2.45) is 0 Å². The van der Waals surface area contributed by atoms with Crippen LogP contribution in [0.25, 0.3) is 11.1 Å². The molecule has 1 heterocycles. The zero-order chi connectivity index (χ0) is 14.5. The van der Waals surface area contributed by atoms with Crippen molar-refractivity contribution in [1.29, 1.82) is 0 Å². The second-order valence-electron chi connectivity index (χ2n) is 5.14. The van der Waals surface area contributed by atoms with Crippen molar-refractivity contribution in [3.05, 3.63) is 36.2 Å². The Morgan fingerprint density at radius 1 is 1.35 bits per heavy atom. The molecule has 0 bridgehead atoms. The molecule has 1 aromatic carbocycles. The van der Waals surface area contributed by atoms with Crippen molar-refractivity contribution < 1.29 is 4.74 Å². The molecular formula is C16H23N3O. The van der Waals surface area contributed by atoms with Crippen LogP contribution >= 0.6 is 0 Å². The van der Waals surface area contributed by atoms with Gasteiger partial charge in [0.05, 0.1) is 13.3 Å². The SMILES string of the molecule is CCn1cc(-c2ccc(OC)cc2CNC(C)C)cn1. The van der Waals surface area contributed by atoms with Crippen molar-refractivity contribution in [3.8, 4) is 16.9 Å². The molecule has 1 N–H and O–H groups in total. The zero-order valence-corrected chi connectivity index (χ0v) is 12.7. The van der Waals surface area contributed by atoms with Crippen LogP contribution in [0.15, 0.2) is 30.6 Å². The van der Waals surface area contributed by atoms with E-state index in [4.69, 9.17) is 4.74 Å². The van der Waals surface area contributed by atoms with E-state index in [0.29, 0.717) is 6.04 Å². The molecule has 4 nitrogen and oxygen atoms in total. The molecule has 2 aromatic rings. The summed E-state index contributed by atoms with van der Waals surface area (Å²) in [4.78, 5) is 0. The Balaban J connectivity index is 2.34. The molecular weight excluding hydrogens is 250 g/mol. The van der Waals surface area contributed by atoms with Crippen LogP contribution in [0.1, 0.15) is 26.3 Å². The highest BCUT2D eigenvalue weighted by molar-refractivity contribution is 5.67. The number of ether oxygens (including phenoxy) is 1. The van der Waals surface area contributed by atoms with Crippen LogP contribution in [0.4, 0.5) is 0 Å². The minimum Gasteiger partial charge on any atom is -0.497 e. The molecule has 0 radical (unpaired) electrons. The standard InChI is InChI=1S/C16H23N3O/c1-5-19-11-14(10-18-19)16-7-6-15(20-4)8-13(16)9-17-12(2)3/h6-8,10-12,17H,5,9H2,1-4H3. The lowest BCUT2D eigenvalue weighted by Crippen LogP contribution is -2.22. The van der Waals surface area contributed by atoms with Gasteiger partial charge in [0.25, 0.3) is 0 Å². The van der Waals surface area contributed by atoms with E-state index in [1.165, 1.54) is 11.1 Å². The number of benzene rings is 1. The molecule has 0 aliphatic heterocycles. The average molecular weight is 273 g/mol. The van der Waals surface area contributed by atoms with E-state index in [9.17, 15) is 0 Å². The first-order chi connectivity index (χ1) is 9.63. The van der Waals surface area contributed by atoms with Crippen LogP contribution < -0.4 is 10.1 Å². The Morgan fingerprint density at radius 2 is 2.15 bits per heavy atom. The topological polar surface area (TPSA) is 39.1 Å². The number of nitrogens with zero attached hydrogens (tertiary/aromatic N) is 2. The Labute approximate surface area is 120 Å². The zero-order valence-electron chi connectivity index (χ0n) is 12.7. The largest absolute Gasteiger partial charge is 0.497 e. The summed E-state index contributed by atoms with van der Waals surface area (Å²) in [6.07, 6.45) is 4.00. The maximum atomic E-state index is 5.33. The van der Waals surface area contributed by atoms with Gasteiger partial charge in [0.1, 0.15) is 5.75 Å². The fraction of sp³-hybridized carbons (Fsp3) is 0.438. The quantitative estimate of drug-likeness (QED) is 0.879. The first-order valence-electron chi connectivity index (χ1n) is 7.07. The number of aryl methyl sites for hydroxylation is 1. The number of hydrogen-bond donors (Lipinski definition) is 1. The van der Waals surface area contributed by atoms with Gasteiger partial charge in [0.2, 0.25) is 0 Å². The Bertz CT molecular complexity index is 561. The van der Waals surface area contributed by atoms with Crippen LogP contribution in [0, 0.1) is 0 Å². The lowest BCUT2D eigenvalue weighted by atomic mass is 10.0. The van der Waals surface area contributed by atoms with E-state index in [-0.39, 0.29) is 0 Å². The summed E-state index contributed by atoms with van der Waals surface area (Å²) < 4.78 is 7.27. The fourth-order valence-electron chi connectivity index (χ4n) is 2.11. The van der Waals surface area contributed by atoms with Crippen molar-refractivity contribution in [3.63, 3.8) is 0 Å². The number of hydrogen-bond acceptors (Lipinski definition) is 3. The fourth-order valence-corrected chi connectivity index (χ4v) is 2.11. The third kappa shape index (κ3) is 3.39. The van der Waals surface area contributed by atoms with Crippen LogP contribution in [-0.4, -0.2) is 22.9 Å². The molecule has 0 amide bonds. The maximum absolute atomic E-state index is 5.33. The van der Waals surface area contributed by atoms with Crippen molar-refractivity contribution in [2.45, 2.75) is 39.9 Å². The molecule has 0 aliphatic carbocycles. The van der Waals surface area contributed by atoms with Crippen molar-refractivity contribution in [1.82, 2.24) is 15.1 Å². The van der Waals surface area contributed by atoms with E-state index < -0.39 is 0 Å². The summed E-state index contributed by atoms with van der Waals surface area (Å²) in [5.41, 5.74) is 3.59. The third-order valence-electron chi connectivity index (χ3n) is 3.28. The molecule has 20 heavy (non-hydrogen) atoms. The highest BCUT2D eigenvalue weighted by Crippen LogP contribution is 2.27. The molecule has 0 aliphatic rings. The predicted molar refractivity (Wildman–Crippen MR) is 81.9 cm³/mol. The average Bonchev–Trinajstić information content (AvgIpc) is 2.93. The van der Waals surface area contributed by atoms with Gasteiger partial charge in [-0.2, -0.15) is 5.10 Å². The smallest absolute Gasteiger partial charge is 0.119 e. The number of rotatable bonds is 6. The summed E-state index contributed by atoms with van der Waals surface area (Å²) in [5, 5.41) is 7.82. The van der Waals surface area contributed by atoms with Gasteiger partial charge in [-0.25, -0.2) is 0 Å². The van der Waals surface area contributed by atoms with Crippen LogP contribution in [-0.2, 0) is 13.1 Å². The van der Waals surface area contributed by atoms with Crippen LogP contribution in [0.2, 0.25) is 0 Å². The summed E-state index contributed by atoms with van der Waals surface area (Å²) >= 11 is 0. The predicted octanol–water partition coefficient (Wildman–Crippen LogP) is 3.08. The highest BCUT2D eigenvalue weighted by Gasteiger charge is 2.09. The molecule has 0 atom stereocenters. The summed E-state index contributed by atoms with van der Waals surface area (Å²) in [6, 6.07) is 6.64. The van der Waals surface area contributed by atoms with Crippen molar-refractivity contribution in [2.75, 3.05) is 7.11 Å². The molecule has 0 unspecified atom stereocenters. The summed E-state index contributed by atoms with van der Waals surface area (Å²) in [6.45, 7) is 8.09. The Kier molecular flexibility index (Phi) is 4.79. The normalized spacial score (nSPS) is 11.1. The lowest BCUT2D eigenvalue weighted by molar-refractivity contribution is 0.414.